The number of aryl methyl sites for hydroxylation is 1. The Balaban J connectivity index is 1.61. The van der Waals surface area contributed by atoms with E-state index in [9.17, 15) is 4.79 Å². The SMILES string of the molecule is Cc1cc(NC(=O)NC2CCCCC2)nn1Cc1ccccc1Cl. The van der Waals surface area contributed by atoms with Crippen molar-refractivity contribution in [2.24, 2.45) is 0 Å². The highest BCUT2D eigenvalue weighted by Gasteiger charge is 2.16. The molecule has 0 unspecified atom stereocenters. The summed E-state index contributed by atoms with van der Waals surface area (Å²) in [5.41, 5.74) is 1.98. The minimum atomic E-state index is -0.177. The molecular formula is C18H23ClN4O. The molecule has 1 aliphatic carbocycles. The lowest BCUT2D eigenvalue weighted by Crippen LogP contribution is -2.39. The van der Waals surface area contributed by atoms with Gasteiger partial charge in [-0.3, -0.25) is 10.00 Å². The Labute approximate surface area is 147 Å². The molecule has 0 saturated heterocycles. The van der Waals surface area contributed by atoms with Crippen molar-refractivity contribution in [3.05, 3.63) is 46.6 Å². The van der Waals surface area contributed by atoms with Crippen LogP contribution in [0.25, 0.3) is 0 Å². The average Bonchev–Trinajstić information content (AvgIpc) is 2.90. The molecule has 1 aliphatic rings. The first-order chi connectivity index (χ1) is 11.6. The Hall–Kier alpha value is -2.01. The summed E-state index contributed by atoms with van der Waals surface area (Å²) in [6, 6.07) is 9.69. The molecule has 0 aliphatic heterocycles. The molecule has 3 rings (SSSR count). The minimum Gasteiger partial charge on any atom is -0.335 e. The molecule has 0 spiro atoms. The second-order valence-electron chi connectivity index (χ2n) is 6.35. The maximum atomic E-state index is 12.1. The third kappa shape index (κ3) is 4.29. The van der Waals surface area contributed by atoms with Crippen LogP contribution in [-0.4, -0.2) is 21.9 Å². The second-order valence-corrected chi connectivity index (χ2v) is 6.76. The standard InChI is InChI=1S/C18H23ClN4O/c1-13-11-17(21-18(24)20-15-8-3-2-4-9-15)22-23(13)12-14-7-5-6-10-16(14)19/h5-7,10-11,15H,2-4,8-9,12H2,1H3,(H2,20,21,22,24). The van der Waals surface area contributed by atoms with Gasteiger partial charge in [0.25, 0.3) is 0 Å². The van der Waals surface area contributed by atoms with Crippen molar-refractivity contribution in [2.45, 2.75) is 51.6 Å². The van der Waals surface area contributed by atoms with Gasteiger partial charge in [-0.05, 0) is 31.4 Å². The summed E-state index contributed by atoms with van der Waals surface area (Å²) in [6.07, 6.45) is 5.78. The van der Waals surface area contributed by atoms with Crippen LogP contribution >= 0.6 is 11.6 Å². The van der Waals surface area contributed by atoms with E-state index in [0.717, 1.165) is 29.1 Å². The maximum Gasteiger partial charge on any atom is 0.320 e. The molecular weight excluding hydrogens is 324 g/mol. The zero-order chi connectivity index (χ0) is 16.9. The number of nitrogens with one attached hydrogen (secondary N) is 2. The Morgan fingerprint density at radius 2 is 2.04 bits per heavy atom. The second kappa shape index (κ2) is 7.71. The highest BCUT2D eigenvalue weighted by atomic mass is 35.5. The molecule has 0 atom stereocenters. The largest absolute Gasteiger partial charge is 0.335 e. The Bertz CT molecular complexity index is 707. The molecule has 2 amide bonds. The van der Waals surface area contributed by atoms with Crippen LogP contribution in [0.3, 0.4) is 0 Å². The number of urea groups is 1. The van der Waals surface area contributed by atoms with Gasteiger partial charge in [0, 0.05) is 22.8 Å². The molecule has 0 radical (unpaired) electrons. The predicted molar refractivity (Wildman–Crippen MR) is 96.5 cm³/mol. The van der Waals surface area contributed by atoms with E-state index in [-0.39, 0.29) is 12.1 Å². The number of carbonyl (C=O) groups is 1. The molecule has 1 aromatic heterocycles. The van der Waals surface area contributed by atoms with Crippen molar-refractivity contribution in [1.29, 1.82) is 0 Å². The van der Waals surface area contributed by atoms with Crippen LogP contribution in [0, 0.1) is 6.92 Å². The van der Waals surface area contributed by atoms with Gasteiger partial charge in [0.05, 0.1) is 6.54 Å². The van der Waals surface area contributed by atoms with Gasteiger partial charge in [-0.2, -0.15) is 5.10 Å². The third-order valence-corrected chi connectivity index (χ3v) is 4.81. The van der Waals surface area contributed by atoms with Gasteiger partial charge in [0.15, 0.2) is 5.82 Å². The lowest BCUT2D eigenvalue weighted by Gasteiger charge is -2.22. The van der Waals surface area contributed by atoms with E-state index in [1.165, 1.54) is 19.3 Å². The number of hydrogen-bond donors (Lipinski definition) is 2. The fraction of sp³-hybridized carbons (Fsp3) is 0.444. The van der Waals surface area contributed by atoms with Crippen molar-refractivity contribution in [2.75, 3.05) is 5.32 Å². The highest BCUT2D eigenvalue weighted by Crippen LogP contribution is 2.19. The van der Waals surface area contributed by atoms with Gasteiger partial charge >= 0.3 is 6.03 Å². The zero-order valence-electron chi connectivity index (χ0n) is 13.9. The van der Waals surface area contributed by atoms with Gasteiger partial charge in [-0.15, -0.1) is 0 Å². The van der Waals surface area contributed by atoms with Gasteiger partial charge in [-0.1, -0.05) is 49.1 Å². The molecule has 1 fully saturated rings. The van der Waals surface area contributed by atoms with Crippen LogP contribution in [0.5, 0.6) is 0 Å². The zero-order valence-corrected chi connectivity index (χ0v) is 14.6. The number of halogens is 1. The summed E-state index contributed by atoms with van der Waals surface area (Å²) in [6.45, 7) is 2.55. The normalized spacial score (nSPS) is 15.2. The van der Waals surface area contributed by atoms with Gasteiger partial charge in [0.2, 0.25) is 0 Å². The van der Waals surface area contributed by atoms with Crippen molar-refractivity contribution in [3.8, 4) is 0 Å². The van der Waals surface area contributed by atoms with E-state index in [2.05, 4.69) is 15.7 Å². The fourth-order valence-electron chi connectivity index (χ4n) is 3.10. The van der Waals surface area contributed by atoms with Crippen LogP contribution < -0.4 is 10.6 Å². The number of anilines is 1. The Morgan fingerprint density at radius 1 is 1.29 bits per heavy atom. The van der Waals surface area contributed by atoms with E-state index < -0.39 is 0 Å². The van der Waals surface area contributed by atoms with Crippen LogP contribution in [0.2, 0.25) is 5.02 Å². The van der Waals surface area contributed by atoms with E-state index in [0.29, 0.717) is 12.4 Å². The van der Waals surface area contributed by atoms with E-state index in [1.807, 2.05) is 41.9 Å². The molecule has 2 N–H and O–H groups in total. The first-order valence-electron chi connectivity index (χ1n) is 8.47. The minimum absolute atomic E-state index is 0.177. The van der Waals surface area contributed by atoms with Crippen LogP contribution in [-0.2, 0) is 6.54 Å². The van der Waals surface area contributed by atoms with Gasteiger partial charge < -0.3 is 5.32 Å². The van der Waals surface area contributed by atoms with Crippen molar-refractivity contribution in [1.82, 2.24) is 15.1 Å². The van der Waals surface area contributed by atoms with Crippen molar-refractivity contribution < 1.29 is 4.79 Å². The number of hydrogen-bond acceptors (Lipinski definition) is 2. The fourth-order valence-corrected chi connectivity index (χ4v) is 3.30. The van der Waals surface area contributed by atoms with Gasteiger partial charge in [0.1, 0.15) is 0 Å². The predicted octanol–water partition coefficient (Wildman–Crippen LogP) is 4.35. The average molecular weight is 347 g/mol. The molecule has 24 heavy (non-hydrogen) atoms. The number of carbonyl (C=O) groups excluding carboxylic acids is 1. The van der Waals surface area contributed by atoms with Crippen molar-refractivity contribution in [3.63, 3.8) is 0 Å². The van der Waals surface area contributed by atoms with Gasteiger partial charge in [-0.25, -0.2) is 4.79 Å². The molecule has 128 valence electrons. The smallest absolute Gasteiger partial charge is 0.320 e. The summed E-state index contributed by atoms with van der Waals surface area (Å²) in [7, 11) is 0. The molecule has 0 bridgehead atoms. The van der Waals surface area contributed by atoms with Crippen LogP contribution in [0.1, 0.15) is 43.4 Å². The highest BCUT2D eigenvalue weighted by molar-refractivity contribution is 6.31. The summed E-state index contributed by atoms with van der Waals surface area (Å²) < 4.78 is 1.84. The molecule has 2 aromatic rings. The first-order valence-corrected chi connectivity index (χ1v) is 8.85. The number of aromatic nitrogens is 2. The molecule has 5 nitrogen and oxygen atoms in total. The summed E-state index contributed by atoms with van der Waals surface area (Å²) >= 11 is 6.21. The third-order valence-electron chi connectivity index (χ3n) is 4.44. The Morgan fingerprint density at radius 3 is 2.79 bits per heavy atom. The van der Waals surface area contributed by atoms with E-state index in [1.54, 1.807) is 0 Å². The Kier molecular flexibility index (Phi) is 5.41. The number of nitrogens with zero attached hydrogens (tertiary/aromatic N) is 2. The number of benzene rings is 1. The van der Waals surface area contributed by atoms with E-state index >= 15 is 0 Å². The van der Waals surface area contributed by atoms with Crippen LogP contribution in [0.4, 0.5) is 10.6 Å². The number of amides is 2. The lowest BCUT2D eigenvalue weighted by atomic mass is 9.96. The molecule has 1 heterocycles. The quantitative estimate of drug-likeness (QED) is 0.864. The summed E-state index contributed by atoms with van der Waals surface area (Å²) in [4.78, 5) is 12.1. The molecule has 6 heteroatoms. The maximum absolute atomic E-state index is 12.1. The van der Waals surface area contributed by atoms with E-state index in [4.69, 9.17) is 11.6 Å². The lowest BCUT2D eigenvalue weighted by molar-refractivity contribution is 0.244. The summed E-state index contributed by atoms with van der Waals surface area (Å²) in [5, 5.41) is 11.1. The number of rotatable bonds is 4. The molecule has 1 aromatic carbocycles. The molecule has 1 saturated carbocycles. The van der Waals surface area contributed by atoms with Crippen molar-refractivity contribution >= 4 is 23.4 Å². The topological polar surface area (TPSA) is 59.0 Å². The summed E-state index contributed by atoms with van der Waals surface area (Å²) in [5.74, 6) is 0.563. The first kappa shape index (κ1) is 16.8. The monoisotopic (exact) mass is 346 g/mol. The van der Waals surface area contributed by atoms with Crippen LogP contribution in [0.15, 0.2) is 30.3 Å².